The Morgan fingerprint density at radius 1 is 1.17 bits per heavy atom. The lowest BCUT2D eigenvalue weighted by atomic mass is 9.91. The first-order valence-corrected chi connectivity index (χ1v) is 7.47. The Balaban J connectivity index is 1.75. The average molecular weight is 312 g/mol. The molecule has 23 heavy (non-hydrogen) atoms. The predicted molar refractivity (Wildman–Crippen MR) is 87.0 cm³/mol. The molecule has 1 unspecified atom stereocenters. The van der Waals surface area contributed by atoms with Gasteiger partial charge in [0.2, 0.25) is 12.7 Å². The summed E-state index contributed by atoms with van der Waals surface area (Å²) in [6.45, 7) is 2.43. The fraction of sp³-hybridized carbons (Fsp3) is 0.278. The molecule has 1 amide bonds. The first kappa shape index (κ1) is 15.4. The molecule has 2 aromatic carbocycles. The van der Waals surface area contributed by atoms with Crippen molar-refractivity contribution in [3.63, 3.8) is 0 Å². The third kappa shape index (κ3) is 3.00. The van der Waals surface area contributed by atoms with Crippen molar-refractivity contribution >= 4 is 5.91 Å². The maximum Gasteiger partial charge on any atom is 0.247 e. The molecule has 0 aliphatic carbocycles. The van der Waals surface area contributed by atoms with E-state index in [4.69, 9.17) is 15.2 Å². The van der Waals surface area contributed by atoms with Crippen LogP contribution in [-0.4, -0.2) is 24.6 Å². The number of rotatable bonds is 4. The molecule has 2 N–H and O–H groups in total. The topological polar surface area (TPSA) is 64.8 Å². The highest BCUT2D eigenvalue weighted by atomic mass is 16.7. The van der Waals surface area contributed by atoms with Crippen LogP contribution in [0.15, 0.2) is 48.5 Å². The Morgan fingerprint density at radius 3 is 2.61 bits per heavy atom. The van der Waals surface area contributed by atoms with E-state index in [1.807, 2.05) is 48.5 Å². The molecule has 0 saturated carbocycles. The van der Waals surface area contributed by atoms with Crippen LogP contribution in [0, 0.1) is 0 Å². The number of benzene rings is 2. The van der Waals surface area contributed by atoms with E-state index in [1.54, 1.807) is 18.9 Å². The second-order valence-electron chi connectivity index (χ2n) is 5.92. The van der Waals surface area contributed by atoms with Gasteiger partial charge in [-0.05, 0) is 30.2 Å². The minimum atomic E-state index is -1.06. The van der Waals surface area contributed by atoms with E-state index in [0.717, 1.165) is 16.9 Å². The van der Waals surface area contributed by atoms with Gasteiger partial charge in [0, 0.05) is 13.6 Å². The van der Waals surface area contributed by atoms with Crippen molar-refractivity contribution < 1.29 is 14.3 Å². The van der Waals surface area contributed by atoms with Crippen LogP contribution in [0.25, 0.3) is 0 Å². The van der Waals surface area contributed by atoms with Crippen LogP contribution in [0.5, 0.6) is 11.5 Å². The number of hydrogen-bond acceptors (Lipinski definition) is 4. The second kappa shape index (κ2) is 5.93. The van der Waals surface area contributed by atoms with E-state index in [9.17, 15) is 4.79 Å². The Bertz CT molecular complexity index is 713. The van der Waals surface area contributed by atoms with E-state index in [0.29, 0.717) is 12.3 Å². The Kier molecular flexibility index (Phi) is 3.96. The number of nitrogens with zero attached hydrogens (tertiary/aromatic N) is 1. The zero-order valence-corrected chi connectivity index (χ0v) is 13.3. The maximum absolute atomic E-state index is 12.7. The Morgan fingerprint density at radius 2 is 1.87 bits per heavy atom. The normalized spacial score (nSPS) is 15.1. The lowest BCUT2D eigenvalue weighted by Crippen LogP contribution is -2.49. The third-order valence-electron chi connectivity index (χ3n) is 4.02. The fourth-order valence-corrected chi connectivity index (χ4v) is 2.69. The molecule has 0 fully saturated rings. The van der Waals surface area contributed by atoms with Gasteiger partial charge in [-0.15, -0.1) is 0 Å². The van der Waals surface area contributed by atoms with Gasteiger partial charge in [0.25, 0.3) is 0 Å². The van der Waals surface area contributed by atoms with Crippen LogP contribution in [0.3, 0.4) is 0 Å². The summed E-state index contributed by atoms with van der Waals surface area (Å²) in [5.74, 6) is 1.30. The van der Waals surface area contributed by atoms with Gasteiger partial charge >= 0.3 is 0 Å². The SMILES string of the molecule is CN(Cc1ccc2c(c1)OCO2)C(=O)C(C)(N)c1ccccc1. The maximum atomic E-state index is 12.7. The second-order valence-corrected chi connectivity index (χ2v) is 5.92. The number of ether oxygens (including phenoxy) is 2. The minimum absolute atomic E-state index is 0.138. The monoisotopic (exact) mass is 312 g/mol. The quantitative estimate of drug-likeness (QED) is 0.940. The molecule has 0 bridgehead atoms. The fourth-order valence-electron chi connectivity index (χ4n) is 2.69. The van der Waals surface area contributed by atoms with Crippen molar-refractivity contribution in [2.24, 2.45) is 5.73 Å². The molecule has 2 aromatic rings. The van der Waals surface area contributed by atoms with Gasteiger partial charge in [0.15, 0.2) is 11.5 Å². The summed E-state index contributed by atoms with van der Waals surface area (Å²) < 4.78 is 10.7. The standard InChI is InChI=1S/C18H20N2O3/c1-18(19,14-6-4-3-5-7-14)17(21)20(2)11-13-8-9-15-16(10-13)23-12-22-15/h3-10H,11-12,19H2,1-2H3. The zero-order chi connectivity index (χ0) is 16.4. The lowest BCUT2D eigenvalue weighted by Gasteiger charge is -2.29. The molecule has 120 valence electrons. The van der Waals surface area contributed by atoms with Crippen molar-refractivity contribution in [3.8, 4) is 11.5 Å². The number of amides is 1. The molecular weight excluding hydrogens is 292 g/mol. The molecule has 0 saturated heterocycles. The molecule has 0 spiro atoms. The largest absolute Gasteiger partial charge is 0.454 e. The number of carbonyl (C=O) groups excluding carboxylic acids is 1. The number of hydrogen-bond donors (Lipinski definition) is 1. The number of nitrogens with two attached hydrogens (primary N) is 1. The lowest BCUT2D eigenvalue weighted by molar-refractivity contribution is -0.136. The highest BCUT2D eigenvalue weighted by Gasteiger charge is 2.33. The van der Waals surface area contributed by atoms with E-state index in [2.05, 4.69) is 0 Å². The predicted octanol–water partition coefficient (Wildman–Crippen LogP) is 2.25. The summed E-state index contributed by atoms with van der Waals surface area (Å²) in [7, 11) is 1.75. The van der Waals surface area contributed by atoms with Gasteiger partial charge in [-0.3, -0.25) is 4.79 Å². The summed E-state index contributed by atoms with van der Waals surface area (Å²) in [5.41, 5.74) is 6.99. The molecule has 5 nitrogen and oxygen atoms in total. The van der Waals surface area contributed by atoms with Gasteiger partial charge in [0.05, 0.1) is 0 Å². The van der Waals surface area contributed by atoms with E-state index < -0.39 is 5.54 Å². The van der Waals surface area contributed by atoms with E-state index in [-0.39, 0.29) is 12.7 Å². The van der Waals surface area contributed by atoms with Gasteiger partial charge in [-0.1, -0.05) is 36.4 Å². The summed E-state index contributed by atoms with van der Waals surface area (Å²) in [5, 5.41) is 0. The molecule has 5 heteroatoms. The average Bonchev–Trinajstić information content (AvgIpc) is 3.02. The van der Waals surface area contributed by atoms with Crippen molar-refractivity contribution in [3.05, 3.63) is 59.7 Å². The summed E-state index contributed by atoms with van der Waals surface area (Å²) in [6, 6.07) is 15.1. The molecule has 0 radical (unpaired) electrons. The first-order valence-electron chi connectivity index (χ1n) is 7.47. The molecular formula is C18H20N2O3. The van der Waals surface area contributed by atoms with E-state index in [1.165, 1.54) is 0 Å². The zero-order valence-electron chi connectivity index (χ0n) is 13.3. The Hall–Kier alpha value is -2.53. The van der Waals surface area contributed by atoms with Gasteiger partial charge in [-0.25, -0.2) is 0 Å². The van der Waals surface area contributed by atoms with Crippen LogP contribution < -0.4 is 15.2 Å². The van der Waals surface area contributed by atoms with Gasteiger partial charge in [-0.2, -0.15) is 0 Å². The van der Waals surface area contributed by atoms with E-state index >= 15 is 0 Å². The van der Waals surface area contributed by atoms with Crippen molar-refractivity contribution in [2.45, 2.75) is 19.0 Å². The molecule has 0 aromatic heterocycles. The van der Waals surface area contributed by atoms with Crippen LogP contribution >= 0.6 is 0 Å². The minimum Gasteiger partial charge on any atom is -0.454 e. The third-order valence-corrected chi connectivity index (χ3v) is 4.02. The summed E-state index contributed by atoms with van der Waals surface area (Å²) >= 11 is 0. The molecule has 1 aliphatic rings. The van der Waals surface area contributed by atoms with Gasteiger partial charge < -0.3 is 20.1 Å². The summed E-state index contributed by atoms with van der Waals surface area (Å²) in [6.07, 6.45) is 0. The molecule has 1 atom stereocenters. The smallest absolute Gasteiger partial charge is 0.247 e. The van der Waals surface area contributed by atoms with Gasteiger partial charge in [0.1, 0.15) is 5.54 Å². The first-order chi connectivity index (χ1) is 11.0. The van der Waals surface area contributed by atoms with Crippen molar-refractivity contribution in [1.29, 1.82) is 0 Å². The highest BCUT2D eigenvalue weighted by Crippen LogP contribution is 2.33. The number of fused-ring (bicyclic) bond motifs is 1. The van der Waals surface area contributed by atoms with Crippen LogP contribution in [-0.2, 0) is 16.9 Å². The summed E-state index contributed by atoms with van der Waals surface area (Å²) in [4.78, 5) is 14.4. The molecule has 3 rings (SSSR count). The van der Waals surface area contributed by atoms with Crippen molar-refractivity contribution in [2.75, 3.05) is 13.8 Å². The van der Waals surface area contributed by atoms with Crippen LogP contribution in [0.1, 0.15) is 18.1 Å². The number of carbonyl (C=O) groups is 1. The molecule has 1 aliphatic heterocycles. The van der Waals surface area contributed by atoms with Crippen molar-refractivity contribution in [1.82, 2.24) is 4.90 Å². The van der Waals surface area contributed by atoms with Crippen LogP contribution in [0.2, 0.25) is 0 Å². The highest BCUT2D eigenvalue weighted by molar-refractivity contribution is 5.86. The molecule has 1 heterocycles. The Labute approximate surface area is 135 Å². The number of likely N-dealkylation sites (N-methyl/N-ethyl adjacent to an activating group) is 1. The van der Waals surface area contributed by atoms with Crippen LogP contribution in [0.4, 0.5) is 0 Å².